The molecule has 143 heavy (non-hydrogen) atoms. The van der Waals surface area contributed by atoms with Gasteiger partial charge in [0.05, 0.1) is 146 Å². The third-order valence-electron chi connectivity index (χ3n) is 26.4. The fraction of sp³-hybridized carbons (Fsp3) is 0.350. The summed E-state index contributed by atoms with van der Waals surface area (Å²) in [6.07, 6.45) is 7.50. The van der Waals surface area contributed by atoms with Gasteiger partial charge in [-0.15, -0.1) is 0 Å². The van der Waals surface area contributed by atoms with Crippen molar-refractivity contribution in [2.24, 2.45) is 0 Å². The van der Waals surface area contributed by atoms with E-state index in [0.29, 0.717) is 34.2 Å². The lowest BCUT2D eigenvalue weighted by molar-refractivity contribution is -0.130. The van der Waals surface area contributed by atoms with Gasteiger partial charge in [-0.1, -0.05) is 156 Å². The number of nitrogens with one attached hydrogen (secondary N) is 1. The number of hydrogen-bond donors (Lipinski definition) is 4. The molecule has 3 saturated heterocycles. The molecule has 0 bridgehead atoms. The number of anilines is 5. The number of carbonyl (C=O) groups is 5. The minimum Gasteiger partial charge on any atom is -0.507 e. The van der Waals surface area contributed by atoms with Crippen molar-refractivity contribution in [1.82, 2.24) is 73.3 Å². The maximum atomic E-state index is 17.6. The van der Waals surface area contributed by atoms with Gasteiger partial charge in [-0.2, -0.15) is 15.0 Å². The lowest BCUT2D eigenvalue weighted by Gasteiger charge is -2.45. The standard InChI is InChI=1S/C34H34ClF2N7O4.C33H32ClF2N7O4.C33H33ClF2N6O5S/c1-8-21(46)42-12-17(6)43-19(13-42)33(47)41(7)29-24-30(26(37)23(25(29)35)22-18(36)10-9-11-20(22)45)44(34(48)40-32(24)43)31-27(15(2)3)38-14-39-28(31)16(4)5;1-7-20(45)41-11-16(6)42-18(12-41)32(46)39-28-23-29(25(36)22(24(28)34)21-17(35)9-8-10-19(21)44)43(33(47)40-31(23)42)30-26(14(2)3)37-13-38-27(30)15(4)5;1-7-21(44)40-11-17(6)41-18(12-40)13-48(46,47)31-24-29(26(36)23(25(31)34)22-19(35)9-8-10-20(22)43)42(33(45)39-32(24)41)30-27(15(2)3)37-14-38-28(30)16(4)5/h8-11,14-17,19,45H,1,12-13H2,2-7H3;7-10,13-16,18,44H,1,11-12H2,2-6H3,(H,39,46);7-10,14-18,43H,1,11-13H2,2-6H3. The zero-order chi connectivity index (χ0) is 104. The largest absolute Gasteiger partial charge is 0.507 e. The minimum absolute atomic E-state index is 0.0126. The normalized spacial score (nSPS) is 18.0. The molecule has 3 fully saturated rings. The second-order valence-corrected chi connectivity index (χ2v) is 40.8. The number of aromatic nitrogens is 12. The second kappa shape index (κ2) is 38.5. The Labute approximate surface area is 830 Å². The summed E-state index contributed by atoms with van der Waals surface area (Å²) < 4.78 is 131. The van der Waals surface area contributed by atoms with E-state index in [1.807, 2.05) is 83.1 Å². The highest BCUT2D eigenvalue weighted by Crippen LogP contribution is 2.56. The van der Waals surface area contributed by atoms with Crippen molar-refractivity contribution in [2.75, 3.05) is 77.0 Å². The maximum Gasteiger partial charge on any atom is 0.354 e. The van der Waals surface area contributed by atoms with E-state index in [-0.39, 0.29) is 159 Å². The van der Waals surface area contributed by atoms with Gasteiger partial charge in [0.1, 0.15) is 94.3 Å². The van der Waals surface area contributed by atoms with Crippen molar-refractivity contribution in [3.8, 4) is 67.7 Å². The number of rotatable bonds is 15. The van der Waals surface area contributed by atoms with Crippen molar-refractivity contribution >= 4 is 136 Å². The Hall–Kier alpha value is -14.3. The number of aromatic hydroxyl groups is 3. The molecule has 6 aromatic carbocycles. The molecule has 6 unspecified atom stereocenters. The molecule has 6 aromatic heterocycles. The lowest BCUT2D eigenvalue weighted by Crippen LogP contribution is -2.63. The lowest BCUT2D eigenvalue weighted by atomic mass is 9.97. The zero-order valence-electron chi connectivity index (χ0n) is 80.4. The van der Waals surface area contributed by atoms with Crippen LogP contribution in [0.4, 0.5) is 55.2 Å². The first kappa shape index (κ1) is 102. The van der Waals surface area contributed by atoms with Gasteiger partial charge < -0.3 is 54.9 Å². The van der Waals surface area contributed by atoms with Crippen LogP contribution in [0, 0.1) is 34.9 Å². The number of carbonyl (C=O) groups excluding carboxylic acids is 5. The Kier molecular flexibility index (Phi) is 27.4. The van der Waals surface area contributed by atoms with Gasteiger partial charge in [-0.25, -0.2) is 79.0 Å². The molecule has 12 heterocycles. The summed E-state index contributed by atoms with van der Waals surface area (Å²) in [6.45, 7) is 38.2. The SMILES string of the molecule is C=CC(=O)N1CC(C)N2c3nc(=O)n(-c4c(C(C)C)ncnc4C(C)C)c4c(F)c(-c5c(O)cccc5F)c(Cl)c(c34)N(C)C(=O)C2C1.C=CC(=O)N1CC(C)N2c3nc(=O)n(-c4c(C(C)C)ncnc4C(C)C)c4c(F)c(-c5c(O)cccc5F)c(Cl)c(c34)NC(=O)C2C1.C=CC(=O)N1CC(C)N2c3nc(=O)n(-c4c(C(C)C)ncnc4C(C)C)c4c(F)c(-c5c(O)cccc5F)c(Cl)c(c34)S(=O)(=O)CC2C1. The predicted octanol–water partition coefficient (Wildman–Crippen LogP) is 15.7. The molecule has 6 atom stereocenters. The molecule has 6 aliphatic heterocycles. The van der Waals surface area contributed by atoms with E-state index < -0.39 is 199 Å². The number of amides is 5. The molecular weight excluding hydrogens is 1940 g/mol. The minimum atomic E-state index is -4.50. The Morgan fingerprint density at radius 2 is 0.741 bits per heavy atom. The molecule has 12 aromatic rings. The average molecular weight is 2040 g/mol. The third-order valence-corrected chi connectivity index (χ3v) is 29.5. The highest BCUT2D eigenvalue weighted by atomic mass is 35.5. The van der Waals surface area contributed by atoms with Gasteiger partial charge in [0.25, 0.3) is 5.91 Å². The van der Waals surface area contributed by atoms with E-state index in [1.54, 1.807) is 35.5 Å². The van der Waals surface area contributed by atoms with Crippen LogP contribution in [0.3, 0.4) is 0 Å². The fourth-order valence-corrected chi connectivity index (χ4v) is 23.4. The summed E-state index contributed by atoms with van der Waals surface area (Å²) in [7, 11) is -3.07. The molecule has 746 valence electrons. The van der Waals surface area contributed by atoms with E-state index in [1.165, 1.54) is 76.0 Å². The molecule has 0 spiro atoms. The molecular formula is C100H99Cl3F6N20O13S. The smallest absolute Gasteiger partial charge is 0.354 e. The Morgan fingerprint density at radius 3 is 1.10 bits per heavy atom. The van der Waals surface area contributed by atoms with Crippen LogP contribution in [-0.2, 0) is 33.8 Å². The van der Waals surface area contributed by atoms with Crippen LogP contribution < -0.4 is 42.0 Å². The number of halogens is 9. The van der Waals surface area contributed by atoms with Gasteiger partial charge in [0, 0.05) is 68.0 Å². The first-order chi connectivity index (χ1) is 67.6. The number of phenols is 3. The van der Waals surface area contributed by atoms with Crippen LogP contribution in [0.15, 0.2) is 131 Å². The van der Waals surface area contributed by atoms with Crippen molar-refractivity contribution in [3.05, 3.63) is 227 Å². The summed E-state index contributed by atoms with van der Waals surface area (Å²) in [6, 6.07) is 5.43. The number of likely N-dealkylation sites (N-methyl/N-ethyl adjacent to an activating group) is 1. The summed E-state index contributed by atoms with van der Waals surface area (Å²) in [5, 5.41) is 33.4. The topological polar surface area (TPSA) is 397 Å². The van der Waals surface area contributed by atoms with Crippen LogP contribution in [0.5, 0.6) is 17.2 Å². The summed E-state index contributed by atoms with van der Waals surface area (Å²) >= 11 is 20.7. The number of hydrogen-bond acceptors (Lipinski definition) is 25. The van der Waals surface area contributed by atoms with Crippen molar-refractivity contribution in [2.45, 2.75) is 181 Å². The Morgan fingerprint density at radius 1 is 0.427 bits per heavy atom. The van der Waals surface area contributed by atoms with Crippen molar-refractivity contribution < 1.29 is 74.1 Å². The van der Waals surface area contributed by atoms with Crippen LogP contribution >= 0.6 is 34.8 Å². The van der Waals surface area contributed by atoms with Gasteiger partial charge in [0.15, 0.2) is 27.3 Å². The molecule has 18 rings (SSSR count). The summed E-state index contributed by atoms with van der Waals surface area (Å²) in [5.41, 5.74) is -4.95. The monoisotopic (exact) mass is 2040 g/mol. The van der Waals surface area contributed by atoms with E-state index in [4.69, 9.17) is 34.8 Å². The number of nitrogens with zero attached hydrogens (tertiary/aromatic N) is 19. The highest BCUT2D eigenvalue weighted by molar-refractivity contribution is 7.91. The number of fused-ring (bicyclic) bond motifs is 6. The van der Waals surface area contributed by atoms with E-state index in [9.17, 15) is 62.1 Å². The highest BCUT2D eigenvalue weighted by Gasteiger charge is 2.51. The van der Waals surface area contributed by atoms with Crippen LogP contribution in [0.2, 0.25) is 15.1 Å². The fourth-order valence-electron chi connectivity index (χ4n) is 20.2. The summed E-state index contributed by atoms with van der Waals surface area (Å²) in [5.74, 6) is -13.3. The molecule has 43 heteroatoms. The molecule has 0 saturated carbocycles. The number of benzene rings is 6. The number of sulfone groups is 1. The first-order valence-electron chi connectivity index (χ1n) is 45.9. The van der Waals surface area contributed by atoms with Crippen molar-refractivity contribution in [3.63, 3.8) is 0 Å². The number of phenolic OH excluding ortho intramolecular Hbond substituents is 3. The van der Waals surface area contributed by atoms with Gasteiger partial charge in [-0.3, -0.25) is 37.7 Å². The quantitative estimate of drug-likeness (QED) is 0.0421. The van der Waals surface area contributed by atoms with Gasteiger partial charge in [-0.05, 0) is 111 Å². The molecule has 5 amide bonds. The first-order valence-corrected chi connectivity index (χ1v) is 48.7. The van der Waals surface area contributed by atoms with Gasteiger partial charge >= 0.3 is 17.1 Å². The Bertz CT molecular complexity index is 7660. The van der Waals surface area contributed by atoms with E-state index >= 15 is 26.3 Å². The summed E-state index contributed by atoms with van der Waals surface area (Å²) in [4.78, 5) is 159. The van der Waals surface area contributed by atoms with Crippen LogP contribution in [0.1, 0.15) is 174 Å². The van der Waals surface area contributed by atoms with E-state index in [0.717, 1.165) is 56.2 Å². The van der Waals surface area contributed by atoms with E-state index in [2.05, 4.69) is 69.9 Å². The van der Waals surface area contributed by atoms with Crippen molar-refractivity contribution in [1.29, 1.82) is 0 Å². The molecule has 6 aliphatic rings. The second-order valence-electron chi connectivity index (χ2n) is 37.7. The third kappa shape index (κ3) is 16.8. The predicted molar refractivity (Wildman–Crippen MR) is 531 cm³/mol. The molecule has 0 radical (unpaired) electrons. The average Bonchev–Trinajstić information content (AvgIpc) is 1.65. The molecule has 0 aliphatic carbocycles. The number of piperazine rings is 3. The molecule has 33 nitrogen and oxygen atoms in total. The zero-order valence-corrected chi connectivity index (χ0v) is 83.5. The van der Waals surface area contributed by atoms with Crippen LogP contribution in [-0.4, -0.2) is 215 Å². The van der Waals surface area contributed by atoms with Crippen LogP contribution in [0.25, 0.3) is 83.2 Å². The maximum absolute atomic E-state index is 17.6. The molecule has 4 N–H and O–H groups in total. The Balaban J connectivity index is 0.000000154. The van der Waals surface area contributed by atoms with Gasteiger partial charge in [0.2, 0.25) is 23.6 Å².